The lowest BCUT2D eigenvalue weighted by molar-refractivity contribution is -0.120. The highest BCUT2D eigenvalue weighted by atomic mass is 32.2. The molecule has 3 aromatic rings. The number of halogens is 1. The monoisotopic (exact) mass is 389 g/mol. The predicted octanol–water partition coefficient (Wildman–Crippen LogP) is 4.50. The molecule has 0 aliphatic heterocycles. The Morgan fingerprint density at radius 2 is 2.04 bits per heavy atom. The number of nitrogens with one attached hydrogen (secondary N) is 1. The van der Waals surface area contributed by atoms with Crippen molar-refractivity contribution in [1.29, 1.82) is 0 Å². The van der Waals surface area contributed by atoms with Gasteiger partial charge in [-0.25, -0.2) is 14.4 Å². The molecule has 0 saturated carbocycles. The number of carbonyl (C=O) groups is 1. The first kappa shape index (κ1) is 18.8. The number of thioether (sulfide) groups is 1. The highest BCUT2D eigenvalue weighted by molar-refractivity contribution is 8.00. The first-order valence-corrected chi connectivity index (χ1v) is 10.1. The van der Waals surface area contributed by atoms with Crippen LogP contribution in [0.4, 0.5) is 4.39 Å². The minimum atomic E-state index is -0.294. The number of aryl methyl sites for hydroxylation is 2. The molecule has 1 atom stereocenters. The molecule has 26 heavy (non-hydrogen) atoms. The maximum absolute atomic E-state index is 12.9. The zero-order valence-electron chi connectivity index (χ0n) is 14.9. The van der Waals surface area contributed by atoms with Gasteiger partial charge in [0.25, 0.3) is 0 Å². The van der Waals surface area contributed by atoms with Crippen LogP contribution in [0.3, 0.4) is 0 Å². The van der Waals surface area contributed by atoms with Gasteiger partial charge < -0.3 is 5.32 Å². The van der Waals surface area contributed by atoms with E-state index in [9.17, 15) is 9.18 Å². The largest absolute Gasteiger partial charge is 0.351 e. The van der Waals surface area contributed by atoms with Crippen LogP contribution in [0.5, 0.6) is 0 Å². The SMILES string of the molecule is CCc1cc2c(SC(C)C(=O)NCc3ccc(F)cc3)nc(C)nc2s1. The van der Waals surface area contributed by atoms with E-state index in [1.165, 1.54) is 28.8 Å². The number of aromatic nitrogens is 2. The molecule has 7 heteroatoms. The van der Waals surface area contributed by atoms with E-state index in [1.807, 2.05) is 13.8 Å². The summed E-state index contributed by atoms with van der Waals surface area (Å²) in [5.41, 5.74) is 0.864. The highest BCUT2D eigenvalue weighted by Crippen LogP contribution is 2.33. The second-order valence-electron chi connectivity index (χ2n) is 5.97. The summed E-state index contributed by atoms with van der Waals surface area (Å²) in [6.07, 6.45) is 0.956. The Balaban J connectivity index is 1.69. The van der Waals surface area contributed by atoms with Gasteiger partial charge in [-0.2, -0.15) is 0 Å². The Labute approximate surface area is 160 Å². The van der Waals surface area contributed by atoms with Crippen LogP contribution in [0.25, 0.3) is 10.2 Å². The van der Waals surface area contributed by atoms with E-state index >= 15 is 0 Å². The molecule has 1 N–H and O–H groups in total. The van der Waals surface area contributed by atoms with Crippen LogP contribution in [0, 0.1) is 12.7 Å². The van der Waals surface area contributed by atoms with Gasteiger partial charge in [0.15, 0.2) is 0 Å². The van der Waals surface area contributed by atoms with E-state index in [0.717, 1.165) is 27.2 Å². The highest BCUT2D eigenvalue weighted by Gasteiger charge is 2.18. The molecule has 136 valence electrons. The van der Waals surface area contributed by atoms with Crippen molar-refractivity contribution in [2.45, 2.75) is 44.0 Å². The van der Waals surface area contributed by atoms with Gasteiger partial charge in [0, 0.05) is 16.8 Å². The maximum atomic E-state index is 12.9. The van der Waals surface area contributed by atoms with E-state index in [4.69, 9.17) is 0 Å². The Hall–Kier alpha value is -1.99. The van der Waals surface area contributed by atoms with Crippen molar-refractivity contribution >= 4 is 39.2 Å². The van der Waals surface area contributed by atoms with E-state index < -0.39 is 0 Å². The second kappa shape index (κ2) is 8.14. The Morgan fingerprint density at radius 1 is 1.31 bits per heavy atom. The molecule has 3 rings (SSSR count). The van der Waals surface area contributed by atoms with Crippen LogP contribution in [0.1, 0.15) is 30.1 Å². The number of nitrogens with zero attached hydrogens (tertiary/aromatic N) is 2. The Bertz CT molecular complexity index is 924. The molecule has 1 unspecified atom stereocenters. The smallest absolute Gasteiger partial charge is 0.233 e. The standard InChI is InChI=1S/C19H20FN3OS2/c1-4-15-9-16-18(22-12(3)23-19(16)26-15)25-11(2)17(24)21-10-13-5-7-14(20)8-6-13/h5-9,11H,4,10H2,1-3H3,(H,21,24). The Kier molecular flexibility index (Phi) is 5.88. The third-order valence-electron chi connectivity index (χ3n) is 3.91. The van der Waals surface area contributed by atoms with Gasteiger partial charge in [0.1, 0.15) is 21.5 Å². The molecule has 0 bridgehead atoms. The normalized spacial score (nSPS) is 12.3. The van der Waals surface area contributed by atoms with Crippen LogP contribution in [0.2, 0.25) is 0 Å². The number of hydrogen-bond acceptors (Lipinski definition) is 5. The van der Waals surface area contributed by atoms with Gasteiger partial charge in [0.2, 0.25) is 5.91 Å². The number of benzene rings is 1. The molecule has 2 heterocycles. The second-order valence-corrected chi connectivity index (χ2v) is 8.41. The summed E-state index contributed by atoms with van der Waals surface area (Å²) >= 11 is 3.11. The van der Waals surface area contributed by atoms with Crippen molar-refractivity contribution in [1.82, 2.24) is 15.3 Å². The third-order valence-corrected chi connectivity index (χ3v) is 6.18. The lowest BCUT2D eigenvalue weighted by Gasteiger charge is -2.12. The number of amides is 1. The molecular weight excluding hydrogens is 369 g/mol. The first-order valence-electron chi connectivity index (χ1n) is 8.42. The summed E-state index contributed by atoms with van der Waals surface area (Å²) in [5, 5.41) is 4.46. The van der Waals surface area contributed by atoms with Crippen molar-refractivity contribution in [3.05, 3.63) is 52.4 Å². The fourth-order valence-corrected chi connectivity index (χ4v) is 4.54. The summed E-state index contributed by atoms with van der Waals surface area (Å²) in [4.78, 5) is 23.7. The third kappa shape index (κ3) is 4.40. The molecule has 2 aromatic heterocycles. The molecule has 1 amide bonds. The molecular formula is C19H20FN3OS2. The molecule has 0 aliphatic rings. The molecule has 0 spiro atoms. The Morgan fingerprint density at radius 3 is 2.73 bits per heavy atom. The van der Waals surface area contributed by atoms with Crippen LogP contribution in [-0.2, 0) is 17.8 Å². The number of hydrogen-bond donors (Lipinski definition) is 1. The fourth-order valence-electron chi connectivity index (χ4n) is 2.47. The molecule has 0 aliphatic carbocycles. The average Bonchev–Trinajstić information content (AvgIpc) is 3.04. The number of thiophene rings is 1. The van der Waals surface area contributed by atoms with Gasteiger partial charge in [-0.05, 0) is 44.0 Å². The van der Waals surface area contributed by atoms with Crippen LogP contribution < -0.4 is 5.32 Å². The van der Waals surface area contributed by atoms with Gasteiger partial charge in [0.05, 0.1) is 5.25 Å². The van der Waals surface area contributed by atoms with E-state index in [-0.39, 0.29) is 17.0 Å². The molecule has 0 fully saturated rings. The average molecular weight is 390 g/mol. The summed E-state index contributed by atoms with van der Waals surface area (Å²) in [6, 6.07) is 8.24. The topological polar surface area (TPSA) is 54.9 Å². The summed E-state index contributed by atoms with van der Waals surface area (Å²) in [5.74, 6) is 0.354. The zero-order valence-corrected chi connectivity index (χ0v) is 16.5. The minimum Gasteiger partial charge on any atom is -0.351 e. The van der Waals surface area contributed by atoms with Crippen LogP contribution >= 0.6 is 23.1 Å². The maximum Gasteiger partial charge on any atom is 0.233 e. The first-order chi connectivity index (χ1) is 12.5. The van der Waals surface area contributed by atoms with Crippen molar-refractivity contribution in [2.24, 2.45) is 0 Å². The number of fused-ring (bicyclic) bond motifs is 1. The van der Waals surface area contributed by atoms with Gasteiger partial charge in [-0.1, -0.05) is 30.8 Å². The van der Waals surface area contributed by atoms with Crippen LogP contribution in [0.15, 0.2) is 35.4 Å². The summed E-state index contributed by atoms with van der Waals surface area (Å²) in [6.45, 7) is 6.22. The summed E-state index contributed by atoms with van der Waals surface area (Å²) in [7, 11) is 0. The van der Waals surface area contributed by atoms with Crippen LogP contribution in [-0.4, -0.2) is 21.1 Å². The van der Waals surface area contributed by atoms with Crippen molar-refractivity contribution in [3.63, 3.8) is 0 Å². The lowest BCUT2D eigenvalue weighted by Crippen LogP contribution is -2.30. The van der Waals surface area contributed by atoms with Gasteiger partial charge >= 0.3 is 0 Å². The zero-order chi connectivity index (χ0) is 18.7. The van der Waals surface area contributed by atoms with E-state index in [0.29, 0.717) is 12.4 Å². The van der Waals surface area contributed by atoms with Crippen molar-refractivity contribution in [3.8, 4) is 0 Å². The molecule has 0 saturated heterocycles. The predicted molar refractivity (Wildman–Crippen MR) is 105 cm³/mol. The molecule has 0 radical (unpaired) electrons. The van der Waals surface area contributed by atoms with Gasteiger partial charge in [-0.15, -0.1) is 11.3 Å². The molecule has 1 aromatic carbocycles. The van der Waals surface area contributed by atoms with E-state index in [2.05, 4.69) is 28.3 Å². The van der Waals surface area contributed by atoms with Crippen molar-refractivity contribution < 1.29 is 9.18 Å². The fraction of sp³-hybridized carbons (Fsp3) is 0.316. The van der Waals surface area contributed by atoms with E-state index in [1.54, 1.807) is 23.5 Å². The lowest BCUT2D eigenvalue weighted by atomic mass is 10.2. The quantitative estimate of drug-likeness (QED) is 0.498. The number of carbonyl (C=O) groups excluding carboxylic acids is 1. The summed E-state index contributed by atoms with van der Waals surface area (Å²) < 4.78 is 12.9. The van der Waals surface area contributed by atoms with Gasteiger partial charge in [-0.3, -0.25) is 4.79 Å². The van der Waals surface area contributed by atoms with Crippen molar-refractivity contribution in [2.75, 3.05) is 0 Å². The molecule has 4 nitrogen and oxygen atoms in total. The minimum absolute atomic E-state index is 0.0744. The number of rotatable bonds is 6.